The Morgan fingerprint density at radius 2 is 2.35 bits per heavy atom. The summed E-state index contributed by atoms with van der Waals surface area (Å²) in [6, 6.07) is 5.47. The van der Waals surface area contributed by atoms with Crippen LogP contribution in [-0.2, 0) is 6.54 Å². The number of aromatic nitrogens is 2. The van der Waals surface area contributed by atoms with E-state index in [1.165, 1.54) is 10.9 Å². The van der Waals surface area contributed by atoms with E-state index in [0.29, 0.717) is 4.68 Å². The number of halogens is 2. The summed E-state index contributed by atoms with van der Waals surface area (Å²) in [5.41, 5.74) is 0.0284. The number of hydrogen-bond acceptors (Lipinski definition) is 4. The maximum Gasteiger partial charge on any atom is 0.333 e. The molecule has 1 unspecified atom stereocenters. The number of rotatable bonds is 5. The lowest BCUT2D eigenvalue weighted by atomic mass is 10.1. The van der Waals surface area contributed by atoms with E-state index in [1.54, 1.807) is 11.3 Å². The fourth-order valence-corrected chi connectivity index (χ4v) is 3.51. The van der Waals surface area contributed by atoms with E-state index in [9.17, 15) is 13.6 Å². The molecule has 0 bridgehead atoms. The van der Waals surface area contributed by atoms with Crippen molar-refractivity contribution in [1.82, 2.24) is 20.0 Å². The number of hydrogen-bond donors (Lipinski definition) is 1. The molecular weight excluding hydrogens is 322 g/mol. The van der Waals surface area contributed by atoms with Crippen LogP contribution in [-0.4, -0.2) is 39.7 Å². The number of nitrogens with one attached hydrogen (secondary N) is 1. The highest BCUT2D eigenvalue weighted by Crippen LogP contribution is 2.17. The van der Waals surface area contributed by atoms with E-state index in [4.69, 9.17) is 0 Å². The number of carbonyl (C=O) groups excluding carboxylic acids is 1. The Morgan fingerprint density at radius 3 is 3.04 bits per heavy atom. The predicted molar refractivity (Wildman–Crippen MR) is 83.6 cm³/mol. The molecule has 1 atom stereocenters. The second-order valence-electron chi connectivity index (χ2n) is 5.59. The summed E-state index contributed by atoms with van der Waals surface area (Å²) in [6.07, 6.45) is 3.01. The molecule has 1 amide bonds. The number of piperidine rings is 1. The van der Waals surface area contributed by atoms with Crippen molar-refractivity contribution in [2.45, 2.75) is 32.0 Å². The predicted octanol–water partition coefficient (Wildman–Crippen LogP) is 2.73. The first-order valence-corrected chi connectivity index (χ1v) is 8.38. The van der Waals surface area contributed by atoms with E-state index in [0.717, 1.165) is 38.7 Å². The molecule has 23 heavy (non-hydrogen) atoms. The molecule has 1 fully saturated rings. The number of nitrogens with zero attached hydrogens (tertiary/aromatic N) is 3. The largest absolute Gasteiger partial charge is 0.347 e. The van der Waals surface area contributed by atoms with Crippen LogP contribution in [0.3, 0.4) is 0 Å². The van der Waals surface area contributed by atoms with Crippen LogP contribution in [0.2, 0.25) is 0 Å². The van der Waals surface area contributed by atoms with E-state index in [-0.39, 0.29) is 11.7 Å². The van der Waals surface area contributed by atoms with Gasteiger partial charge in [-0.05, 0) is 36.9 Å². The molecule has 2 aromatic rings. The van der Waals surface area contributed by atoms with E-state index in [2.05, 4.69) is 26.8 Å². The quantitative estimate of drug-likeness (QED) is 0.910. The Balaban J connectivity index is 1.55. The summed E-state index contributed by atoms with van der Waals surface area (Å²) < 4.78 is 25.5. The summed E-state index contributed by atoms with van der Waals surface area (Å²) in [5, 5.41) is 8.55. The topological polar surface area (TPSA) is 50.2 Å². The van der Waals surface area contributed by atoms with Gasteiger partial charge in [-0.15, -0.1) is 11.3 Å². The lowest BCUT2D eigenvalue weighted by Gasteiger charge is -2.32. The van der Waals surface area contributed by atoms with Crippen LogP contribution in [0.1, 0.15) is 34.8 Å². The second kappa shape index (κ2) is 7.18. The lowest BCUT2D eigenvalue weighted by molar-refractivity contribution is 0.0559. The number of alkyl halides is 2. The molecule has 8 heteroatoms. The molecule has 0 aromatic carbocycles. The summed E-state index contributed by atoms with van der Waals surface area (Å²) in [6.45, 7) is -0.0828. The molecule has 1 N–H and O–H groups in total. The average molecular weight is 340 g/mol. The molecule has 1 aliphatic heterocycles. The lowest BCUT2D eigenvalue weighted by Crippen LogP contribution is -2.47. The van der Waals surface area contributed by atoms with Gasteiger partial charge in [0.25, 0.3) is 5.91 Å². The smallest absolute Gasteiger partial charge is 0.333 e. The number of thiophene rings is 1. The first-order chi connectivity index (χ1) is 11.1. The summed E-state index contributed by atoms with van der Waals surface area (Å²) in [5.74, 6) is -0.396. The number of likely N-dealkylation sites (tertiary alicyclic amines) is 1. The van der Waals surface area contributed by atoms with Gasteiger partial charge in [-0.2, -0.15) is 13.9 Å². The molecule has 124 valence electrons. The minimum Gasteiger partial charge on any atom is -0.347 e. The Kier molecular flexibility index (Phi) is 5.02. The first-order valence-electron chi connectivity index (χ1n) is 7.51. The van der Waals surface area contributed by atoms with Gasteiger partial charge in [-0.1, -0.05) is 6.07 Å². The van der Waals surface area contributed by atoms with Crippen molar-refractivity contribution in [3.8, 4) is 0 Å². The third kappa shape index (κ3) is 4.14. The van der Waals surface area contributed by atoms with Crippen LogP contribution in [0.15, 0.2) is 29.8 Å². The van der Waals surface area contributed by atoms with Gasteiger partial charge in [-0.25, -0.2) is 4.68 Å². The standard InChI is InChI=1S/C15H18F2N4OS/c16-15(17)21-7-5-13(19-21)14(22)18-11-3-1-6-20(9-11)10-12-4-2-8-23-12/h2,4-5,7-8,11,15H,1,3,6,9-10H2,(H,18,22). The zero-order chi connectivity index (χ0) is 16.2. The molecule has 0 radical (unpaired) electrons. The Labute approximate surface area is 136 Å². The molecule has 5 nitrogen and oxygen atoms in total. The van der Waals surface area contributed by atoms with Crippen molar-refractivity contribution in [1.29, 1.82) is 0 Å². The molecule has 1 saturated heterocycles. The van der Waals surface area contributed by atoms with Gasteiger partial charge in [0.15, 0.2) is 0 Å². The van der Waals surface area contributed by atoms with Crippen molar-refractivity contribution in [3.63, 3.8) is 0 Å². The van der Waals surface area contributed by atoms with Crippen LogP contribution in [0.5, 0.6) is 0 Å². The normalized spacial score (nSPS) is 19.2. The van der Waals surface area contributed by atoms with Crippen molar-refractivity contribution in [2.24, 2.45) is 0 Å². The van der Waals surface area contributed by atoms with Crippen LogP contribution >= 0.6 is 11.3 Å². The third-order valence-electron chi connectivity index (χ3n) is 3.84. The van der Waals surface area contributed by atoms with Crippen LogP contribution < -0.4 is 5.32 Å². The SMILES string of the molecule is O=C(NC1CCCN(Cc2cccs2)C1)c1ccn(C(F)F)n1. The fourth-order valence-electron chi connectivity index (χ4n) is 2.77. The molecule has 3 rings (SSSR count). The van der Waals surface area contributed by atoms with Crippen LogP contribution in [0.4, 0.5) is 8.78 Å². The van der Waals surface area contributed by atoms with Gasteiger partial charge in [0.1, 0.15) is 5.69 Å². The highest BCUT2D eigenvalue weighted by Gasteiger charge is 2.23. The third-order valence-corrected chi connectivity index (χ3v) is 4.70. The molecule has 0 saturated carbocycles. The van der Waals surface area contributed by atoms with Crippen molar-refractivity contribution < 1.29 is 13.6 Å². The highest BCUT2D eigenvalue weighted by atomic mass is 32.1. The van der Waals surface area contributed by atoms with Gasteiger partial charge < -0.3 is 5.32 Å². The van der Waals surface area contributed by atoms with Crippen molar-refractivity contribution in [3.05, 3.63) is 40.3 Å². The second-order valence-corrected chi connectivity index (χ2v) is 6.62. The zero-order valence-electron chi connectivity index (χ0n) is 12.5. The molecular formula is C15H18F2N4OS. The van der Waals surface area contributed by atoms with Gasteiger partial charge in [0, 0.05) is 30.2 Å². The summed E-state index contributed by atoms with van der Waals surface area (Å²) in [4.78, 5) is 15.7. The van der Waals surface area contributed by atoms with Gasteiger partial charge >= 0.3 is 6.55 Å². The maximum atomic E-state index is 12.5. The van der Waals surface area contributed by atoms with Gasteiger partial charge in [0.05, 0.1) is 0 Å². The van der Waals surface area contributed by atoms with E-state index >= 15 is 0 Å². The van der Waals surface area contributed by atoms with Crippen LogP contribution in [0, 0.1) is 0 Å². The molecule has 2 aromatic heterocycles. The minimum atomic E-state index is -2.73. The molecule has 1 aliphatic rings. The van der Waals surface area contributed by atoms with Gasteiger partial charge in [0.2, 0.25) is 0 Å². The van der Waals surface area contributed by atoms with Crippen molar-refractivity contribution >= 4 is 17.2 Å². The monoisotopic (exact) mass is 340 g/mol. The van der Waals surface area contributed by atoms with E-state index in [1.807, 2.05) is 6.07 Å². The Bertz CT molecular complexity index is 644. The Hall–Kier alpha value is -1.80. The maximum absolute atomic E-state index is 12.5. The highest BCUT2D eigenvalue weighted by molar-refractivity contribution is 7.09. The zero-order valence-corrected chi connectivity index (χ0v) is 13.3. The molecule has 0 spiro atoms. The van der Waals surface area contributed by atoms with Crippen LogP contribution in [0.25, 0.3) is 0 Å². The Morgan fingerprint density at radius 1 is 1.48 bits per heavy atom. The molecule has 3 heterocycles. The number of amides is 1. The fraction of sp³-hybridized carbons (Fsp3) is 0.467. The number of carbonyl (C=O) groups is 1. The summed E-state index contributed by atoms with van der Waals surface area (Å²) in [7, 11) is 0. The minimum absolute atomic E-state index is 0.0212. The first kappa shape index (κ1) is 16.1. The molecule has 0 aliphatic carbocycles. The van der Waals surface area contributed by atoms with Crippen molar-refractivity contribution in [2.75, 3.05) is 13.1 Å². The summed E-state index contributed by atoms with van der Waals surface area (Å²) >= 11 is 1.72. The average Bonchev–Trinajstić information content (AvgIpc) is 3.18. The van der Waals surface area contributed by atoms with E-state index < -0.39 is 12.5 Å². The van der Waals surface area contributed by atoms with Gasteiger partial charge in [-0.3, -0.25) is 9.69 Å².